The molecule has 2 rings (SSSR count). The van der Waals surface area contributed by atoms with E-state index in [1.165, 1.54) is 11.2 Å². The molecule has 0 saturated carbocycles. The van der Waals surface area contributed by atoms with Crippen LogP contribution in [-0.4, -0.2) is 33.6 Å². The van der Waals surface area contributed by atoms with E-state index in [1.54, 1.807) is 36.5 Å². The number of carbonyl (C=O) groups excluding carboxylic acids is 3. The van der Waals surface area contributed by atoms with Crippen molar-refractivity contribution in [3.05, 3.63) is 48.6 Å². The van der Waals surface area contributed by atoms with Crippen LogP contribution in [0.3, 0.4) is 0 Å². The van der Waals surface area contributed by atoms with Gasteiger partial charge in [-0.3, -0.25) is 14.4 Å². The molecule has 3 amide bonds. The zero-order valence-electron chi connectivity index (χ0n) is 16.3. The van der Waals surface area contributed by atoms with Crippen LogP contribution < -0.4 is 11.1 Å². The summed E-state index contributed by atoms with van der Waals surface area (Å²) < 4.78 is 5.33. The number of rotatable bonds is 8. The second-order valence-corrected chi connectivity index (χ2v) is 7.54. The zero-order valence-corrected chi connectivity index (χ0v) is 16.3. The Kier molecular flexibility index (Phi) is 6.92. The molecule has 0 saturated heterocycles. The van der Waals surface area contributed by atoms with E-state index in [0.29, 0.717) is 11.6 Å². The van der Waals surface area contributed by atoms with E-state index in [2.05, 4.69) is 10.3 Å². The van der Waals surface area contributed by atoms with Gasteiger partial charge in [0.2, 0.25) is 17.7 Å². The van der Waals surface area contributed by atoms with Crippen molar-refractivity contribution in [2.75, 3.05) is 5.32 Å². The number of nitrogens with two attached hydrogens (primary N) is 1. The van der Waals surface area contributed by atoms with Gasteiger partial charge in [-0.1, -0.05) is 26.8 Å². The molecule has 0 bridgehead atoms. The normalized spacial score (nSPS) is 12.2. The first-order chi connectivity index (χ1) is 13.2. The number of nitrogens with one attached hydrogen (secondary N) is 1. The van der Waals surface area contributed by atoms with Gasteiger partial charge in [-0.05, 0) is 29.7 Å². The van der Waals surface area contributed by atoms with Crippen LogP contribution >= 0.6 is 0 Å². The number of furan rings is 1. The maximum atomic E-state index is 12.9. The van der Waals surface area contributed by atoms with E-state index in [9.17, 15) is 14.4 Å². The molecule has 8 heteroatoms. The monoisotopic (exact) mass is 386 g/mol. The van der Waals surface area contributed by atoms with Crippen LogP contribution in [0.1, 0.15) is 39.4 Å². The van der Waals surface area contributed by atoms with E-state index >= 15 is 0 Å². The van der Waals surface area contributed by atoms with Crippen molar-refractivity contribution in [3.8, 4) is 0 Å². The average molecular weight is 386 g/mol. The largest absolute Gasteiger partial charge is 0.467 e. The number of carbonyl (C=O) groups is 3. The molecule has 3 N–H and O–H groups in total. The van der Waals surface area contributed by atoms with Crippen LogP contribution in [-0.2, 0) is 20.9 Å². The van der Waals surface area contributed by atoms with Gasteiger partial charge in [0.25, 0.3) is 0 Å². The third-order valence-electron chi connectivity index (χ3n) is 4.13. The predicted octanol–water partition coefficient (Wildman–Crippen LogP) is 2.32. The Bertz CT molecular complexity index is 797. The number of hydrogen-bond donors (Lipinski definition) is 2. The Morgan fingerprint density at radius 1 is 1.18 bits per heavy atom. The van der Waals surface area contributed by atoms with Crippen LogP contribution in [0.5, 0.6) is 0 Å². The Hall–Kier alpha value is -3.16. The van der Waals surface area contributed by atoms with Gasteiger partial charge >= 0.3 is 0 Å². The first-order valence-corrected chi connectivity index (χ1v) is 9.00. The van der Waals surface area contributed by atoms with Crippen molar-refractivity contribution in [3.63, 3.8) is 0 Å². The standard InChI is InChI=1S/C20H26N4O4/c1-20(2,3)18(19(21)27)24(13-14-7-6-12-28-14)17(26)10-9-16(25)23-15-8-4-5-11-22-15/h4-8,11-12,18H,9-10,13H2,1-3H3,(H2,21,27)(H,22,23,25). The summed E-state index contributed by atoms with van der Waals surface area (Å²) in [5.41, 5.74) is 5.02. The van der Waals surface area contributed by atoms with Gasteiger partial charge in [0.1, 0.15) is 17.6 Å². The maximum Gasteiger partial charge on any atom is 0.240 e. The fourth-order valence-electron chi connectivity index (χ4n) is 2.95. The number of hydrogen-bond acceptors (Lipinski definition) is 5. The molecule has 150 valence electrons. The lowest BCUT2D eigenvalue weighted by Crippen LogP contribution is -2.54. The molecule has 8 nitrogen and oxygen atoms in total. The number of anilines is 1. The van der Waals surface area contributed by atoms with Crippen molar-refractivity contribution in [2.24, 2.45) is 11.1 Å². The Balaban J connectivity index is 2.09. The Labute approximate surface area is 164 Å². The van der Waals surface area contributed by atoms with Crippen molar-refractivity contribution in [1.82, 2.24) is 9.88 Å². The van der Waals surface area contributed by atoms with Crippen LogP contribution in [0.4, 0.5) is 5.82 Å². The highest BCUT2D eigenvalue weighted by molar-refractivity contribution is 5.93. The minimum atomic E-state index is -0.844. The van der Waals surface area contributed by atoms with Gasteiger partial charge in [0.15, 0.2) is 0 Å². The van der Waals surface area contributed by atoms with E-state index < -0.39 is 17.4 Å². The molecule has 2 aromatic rings. The lowest BCUT2D eigenvalue weighted by molar-refractivity contribution is -0.145. The molecule has 0 spiro atoms. The lowest BCUT2D eigenvalue weighted by atomic mass is 9.84. The fourth-order valence-corrected chi connectivity index (χ4v) is 2.95. The second-order valence-electron chi connectivity index (χ2n) is 7.54. The van der Waals surface area contributed by atoms with Gasteiger partial charge in [-0.15, -0.1) is 0 Å². The lowest BCUT2D eigenvalue weighted by Gasteiger charge is -2.37. The summed E-state index contributed by atoms with van der Waals surface area (Å²) in [4.78, 5) is 42.5. The van der Waals surface area contributed by atoms with Gasteiger partial charge < -0.3 is 20.4 Å². The molecule has 1 unspecified atom stereocenters. The molecule has 0 radical (unpaired) electrons. The van der Waals surface area contributed by atoms with E-state index in [4.69, 9.17) is 10.2 Å². The van der Waals surface area contributed by atoms with Crippen LogP contribution in [0.2, 0.25) is 0 Å². The first-order valence-electron chi connectivity index (χ1n) is 9.00. The summed E-state index contributed by atoms with van der Waals surface area (Å²) in [6, 6.07) is 7.72. The summed E-state index contributed by atoms with van der Waals surface area (Å²) in [5.74, 6) is -0.355. The zero-order chi connectivity index (χ0) is 20.7. The number of pyridine rings is 1. The van der Waals surface area contributed by atoms with Gasteiger partial charge in [-0.25, -0.2) is 4.98 Å². The molecular weight excluding hydrogens is 360 g/mol. The van der Waals surface area contributed by atoms with Crippen molar-refractivity contribution < 1.29 is 18.8 Å². The molecule has 0 fully saturated rings. The van der Waals surface area contributed by atoms with Crippen molar-refractivity contribution >= 4 is 23.5 Å². The molecule has 0 aromatic carbocycles. The first kappa shape index (κ1) is 21.1. The quantitative estimate of drug-likeness (QED) is 0.722. The van der Waals surface area contributed by atoms with Gasteiger partial charge in [0, 0.05) is 19.0 Å². The topological polar surface area (TPSA) is 119 Å². The van der Waals surface area contributed by atoms with Crippen molar-refractivity contribution in [1.29, 1.82) is 0 Å². The summed E-state index contributed by atoms with van der Waals surface area (Å²) in [6.07, 6.45) is 2.94. The predicted molar refractivity (Wildman–Crippen MR) is 104 cm³/mol. The Morgan fingerprint density at radius 3 is 2.46 bits per heavy atom. The molecule has 0 aliphatic rings. The smallest absolute Gasteiger partial charge is 0.240 e. The van der Waals surface area contributed by atoms with Crippen LogP contribution in [0, 0.1) is 5.41 Å². The molecule has 2 aromatic heterocycles. The van der Waals surface area contributed by atoms with Gasteiger partial charge in [0.05, 0.1) is 12.8 Å². The number of nitrogens with zero attached hydrogens (tertiary/aromatic N) is 2. The number of amides is 3. The van der Waals surface area contributed by atoms with Crippen LogP contribution in [0.15, 0.2) is 47.2 Å². The SMILES string of the molecule is CC(C)(C)C(C(N)=O)N(Cc1ccco1)C(=O)CCC(=O)Nc1ccccn1. The van der Waals surface area contributed by atoms with Crippen molar-refractivity contribution in [2.45, 2.75) is 46.2 Å². The van der Waals surface area contributed by atoms with E-state index in [-0.39, 0.29) is 31.2 Å². The highest BCUT2D eigenvalue weighted by atomic mass is 16.3. The molecule has 0 aliphatic carbocycles. The third kappa shape index (κ3) is 5.94. The maximum absolute atomic E-state index is 12.9. The highest BCUT2D eigenvalue weighted by Crippen LogP contribution is 2.27. The highest BCUT2D eigenvalue weighted by Gasteiger charge is 2.38. The second kappa shape index (κ2) is 9.16. The summed E-state index contributed by atoms with van der Waals surface area (Å²) in [6.45, 7) is 5.59. The van der Waals surface area contributed by atoms with E-state index in [0.717, 1.165) is 0 Å². The molecule has 0 aliphatic heterocycles. The number of primary amides is 1. The van der Waals surface area contributed by atoms with E-state index in [1.807, 2.05) is 20.8 Å². The summed E-state index contributed by atoms with van der Waals surface area (Å²) in [7, 11) is 0. The summed E-state index contributed by atoms with van der Waals surface area (Å²) >= 11 is 0. The average Bonchev–Trinajstić information content (AvgIpc) is 3.11. The Morgan fingerprint density at radius 2 is 1.93 bits per heavy atom. The summed E-state index contributed by atoms with van der Waals surface area (Å²) in [5, 5.41) is 2.63. The molecule has 28 heavy (non-hydrogen) atoms. The number of aromatic nitrogens is 1. The fraction of sp³-hybridized carbons (Fsp3) is 0.400. The minimum Gasteiger partial charge on any atom is -0.467 e. The third-order valence-corrected chi connectivity index (χ3v) is 4.13. The molecule has 1 atom stereocenters. The molecule has 2 heterocycles. The minimum absolute atomic E-state index is 0.0420. The molecular formula is C20H26N4O4. The van der Waals surface area contributed by atoms with Crippen LogP contribution in [0.25, 0.3) is 0 Å². The van der Waals surface area contributed by atoms with Gasteiger partial charge in [-0.2, -0.15) is 0 Å².